The molecule has 0 atom stereocenters. The van der Waals surface area contributed by atoms with E-state index in [-0.39, 0.29) is 10.9 Å². The van der Waals surface area contributed by atoms with Gasteiger partial charge in [-0.15, -0.1) is 0 Å². The summed E-state index contributed by atoms with van der Waals surface area (Å²) in [7, 11) is -1.87. The summed E-state index contributed by atoms with van der Waals surface area (Å²) in [6.07, 6.45) is 3.16. The Kier molecular flexibility index (Phi) is 5.15. The SMILES string of the molecule is CCN1CCC(N(C)S(=O)(=O)c2ccnc(NN)c2)CC1. The maximum absolute atomic E-state index is 12.7. The quantitative estimate of drug-likeness (QED) is 0.606. The molecule has 1 saturated heterocycles. The van der Waals surface area contributed by atoms with Gasteiger partial charge in [0, 0.05) is 25.4 Å². The van der Waals surface area contributed by atoms with Gasteiger partial charge in [0.25, 0.3) is 0 Å². The Morgan fingerprint density at radius 1 is 1.48 bits per heavy atom. The van der Waals surface area contributed by atoms with E-state index >= 15 is 0 Å². The van der Waals surface area contributed by atoms with Crippen molar-refractivity contribution in [1.29, 1.82) is 0 Å². The molecule has 8 heteroatoms. The number of nitrogen functional groups attached to an aromatic ring is 1. The Labute approximate surface area is 126 Å². The lowest BCUT2D eigenvalue weighted by Crippen LogP contribution is -2.45. The number of hydrogen-bond donors (Lipinski definition) is 2. The summed E-state index contributed by atoms with van der Waals surface area (Å²) in [6.45, 7) is 5.01. The molecule has 0 saturated carbocycles. The van der Waals surface area contributed by atoms with Crippen LogP contribution in [-0.2, 0) is 10.0 Å². The van der Waals surface area contributed by atoms with Crippen LogP contribution in [0.3, 0.4) is 0 Å². The van der Waals surface area contributed by atoms with Crippen molar-refractivity contribution in [1.82, 2.24) is 14.2 Å². The third kappa shape index (κ3) is 3.52. The van der Waals surface area contributed by atoms with Crippen LogP contribution in [0.15, 0.2) is 23.2 Å². The molecule has 1 fully saturated rings. The maximum atomic E-state index is 12.7. The second-order valence-electron chi connectivity index (χ2n) is 5.21. The first-order chi connectivity index (χ1) is 9.98. The number of likely N-dealkylation sites (tertiary alicyclic amines) is 1. The molecule has 1 aliphatic heterocycles. The number of anilines is 1. The average Bonchev–Trinajstić information content (AvgIpc) is 2.54. The number of rotatable bonds is 5. The highest BCUT2D eigenvalue weighted by atomic mass is 32.2. The van der Waals surface area contributed by atoms with Crippen molar-refractivity contribution >= 4 is 15.8 Å². The van der Waals surface area contributed by atoms with E-state index in [0.717, 1.165) is 32.5 Å². The molecule has 1 aromatic rings. The minimum absolute atomic E-state index is 0.0419. The summed E-state index contributed by atoms with van der Waals surface area (Å²) in [5.74, 6) is 5.62. The first-order valence-corrected chi connectivity index (χ1v) is 8.56. The van der Waals surface area contributed by atoms with Gasteiger partial charge in [0.2, 0.25) is 10.0 Å². The van der Waals surface area contributed by atoms with Gasteiger partial charge >= 0.3 is 0 Å². The van der Waals surface area contributed by atoms with Crippen LogP contribution >= 0.6 is 0 Å². The van der Waals surface area contributed by atoms with Crippen molar-refractivity contribution < 1.29 is 8.42 Å². The summed E-state index contributed by atoms with van der Waals surface area (Å²) in [6, 6.07) is 2.99. The zero-order chi connectivity index (χ0) is 15.5. The molecule has 118 valence electrons. The number of hydrazine groups is 1. The van der Waals surface area contributed by atoms with E-state index in [0.29, 0.717) is 5.82 Å². The summed E-state index contributed by atoms with van der Waals surface area (Å²) in [5, 5.41) is 0. The second-order valence-corrected chi connectivity index (χ2v) is 7.21. The molecule has 0 spiro atoms. The number of hydrogen-bond acceptors (Lipinski definition) is 6. The Hall–Kier alpha value is -1.22. The van der Waals surface area contributed by atoms with Crippen LogP contribution in [0.4, 0.5) is 5.82 Å². The second kappa shape index (κ2) is 6.69. The highest BCUT2D eigenvalue weighted by Gasteiger charge is 2.30. The predicted octanol–water partition coefficient (Wildman–Crippen LogP) is 0.472. The van der Waals surface area contributed by atoms with Crippen LogP contribution in [0.2, 0.25) is 0 Å². The van der Waals surface area contributed by atoms with Crippen LogP contribution in [0.1, 0.15) is 19.8 Å². The van der Waals surface area contributed by atoms with Crippen LogP contribution in [0.25, 0.3) is 0 Å². The van der Waals surface area contributed by atoms with E-state index < -0.39 is 10.0 Å². The highest BCUT2D eigenvalue weighted by Crippen LogP contribution is 2.23. The van der Waals surface area contributed by atoms with E-state index in [9.17, 15) is 8.42 Å². The number of piperidine rings is 1. The number of nitrogens with two attached hydrogens (primary N) is 1. The molecule has 1 aromatic heterocycles. The number of aromatic nitrogens is 1. The summed E-state index contributed by atoms with van der Waals surface area (Å²) in [4.78, 5) is 6.49. The normalized spacial score (nSPS) is 18.1. The van der Waals surface area contributed by atoms with E-state index in [1.165, 1.54) is 22.6 Å². The Bertz CT molecular complexity index is 570. The molecule has 0 unspecified atom stereocenters. The number of nitrogens with zero attached hydrogens (tertiary/aromatic N) is 3. The molecule has 7 nitrogen and oxygen atoms in total. The largest absolute Gasteiger partial charge is 0.308 e. The summed E-state index contributed by atoms with van der Waals surface area (Å²) >= 11 is 0. The van der Waals surface area contributed by atoms with Crippen molar-refractivity contribution in [2.24, 2.45) is 5.84 Å². The van der Waals surface area contributed by atoms with Crippen molar-refractivity contribution in [3.63, 3.8) is 0 Å². The fourth-order valence-electron chi connectivity index (χ4n) is 2.61. The molecular formula is C13H23N5O2S. The van der Waals surface area contributed by atoms with E-state index in [1.807, 2.05) is 0 Å². The topological polar surface area (TPSA) is 91.6 Å². The van der Waals surface area contributed by atoms with Crippen molar-refractivity contribution in [3.05, 3.63) is 18.3 Å². The molecule has 21 heavy (non-hydrogen) atoms. The van der Waals surface area contributed by atoms with Gasteiger partial charge in [-0.3, -0.25) is 0 Å². The number of pyridine rings is 1. The molecule has 1 aliphatic rings. The first kappa shape index (κ1) is 16.2. The van der Waals surface area contributed by atoms with Crippen molar-refractivity contribution in [2.45, 2.75) is 30.7 Å². The van der Waals surface area contributed by atoms with Crippen molar-refractivity contribution in [3.8, 4) is 0 Å². The van der Waals surface area contributed by atoms with E-state index in [1.54, 1.807) is 7.05 Å². The van der Waals surface area contributed by atoms with Gasteiger partial charge in [-0.25, -0.2) is 19.2 Å². The molecule has 0 bridgehead atoms. The summed E-state index contributed by atoms with van der Waals surface area (Å²) in [5.41, 5.74) is 2.37. The molecule has 0 aromatic carbocycles. The minimum Gasteiger partial charge on any atom is -0.308 e. The van der Waals surface area contributed by atoms with Crippen LogP contribution in [-0.4, -0.2) is 55.3 Å². The van der Waals surface area contributed by atoms with Gasteiger partial charge in [-0.1, -0.05) is 6.92 Å². The maximum Gasteiger partial charge on any atom is 0.243 e. The van der Waals surface area contributed by atoms with Crippen LogP contribution in [0, 0.1) is 0 Å². The monoisotopic (exact) mass is 313 g/mol. The van der Waals surface area contributed by atoms with E-state index in [2.05, 4.69) is 22.2 Å². The van der Waals surface area contributed by atoms with Crippen molar-refractivity contribution in [2.75, 3.05) is 32.1 Å². The molecule has 0 radical (unpaired) electrons. The minimum atomic E-state index is -3.52. The highest BCUT2D eigenvalue weighted by molar-refractivity contribution is 7.89. The Morgan fingerprint density at radius 2 is 2.14 bits per heavy atom. The zero-order valence-electron chi connectivity index (χ0n) is 12.5. The summed E-state index contributed by atoms with van der Waals surface area (Å²) < 4.78 is 26.8. The Morgan fingerprint density at radius 3 is 2.71 bits per heavy atom. The van der Waals surface area contributed by atoms with Crippen LogP contribution < -0.4 is 11.3 Å². The van der Waals surface area contributed by atoms with Gasteiger partial charge < -0.3 is 10.3 Å². The van der Waals surface area contributed by atoms with E-state index in [4.69, 9.17) is 5.84 Å². The number of sulfonamides is 1. The average molecular weight is 313 g/mol. The molecule has 2 heterocycles. The van der Waals surface area contributed by atoms with Gasteiger partial charge in [0.05, 0.1) is 4.90 Å². The first-order valence-electron chi connectivity index (χ1n) is 7.12. The fraction of sp³-hybridized carbons (Fsp3) is 0.615. The third-order valence-electron chi connectivity index (χ3n) is 4.07. The Balaban J connectivity index is 2.15. The molecular weight excluding hydrogens is 290 g/mol. The number of nitrogens with one attached hydrogen (secondary N) is 1. The lowest BCUT2D eigenvalue weighted by Gasteiger charge is -2.35. The smallest absolute Gasteiger partial charge is 0.243 e. The predicted molar refractivity (Wildman–Crippen MR) is 82.1 cm³/mol. The standard InChI is InChI=1S/C13H23N5O2S/c1-3-18-8-5-11(6-9-18)17(2)21(19,20)12-4-7-15-13(10-12)16-14/h4,7,10-11H,3,5-6,8-9,14H2,1-2H3,(H,15,16). The van der Waals surface area contributed by atoms with Crippen LogP contribution in [0.5, 0.6) is 0 Å². The lowest BCUT2D eigenvalue weighted by molar-refractivity contribution is 0.176. The third-order valence-corrected chi connectivity index (χ3v) is 5.98. The zero-order valence-corrected chi connectivity index (χ0v) is 13.3. The molecule has 2 rings (SSSR count). The van der Waals surface area contributed by atoms with Gasteiger partial charge in [0.1, 0.15) is 5.82 Å². The van der Waals surface area contributed by atoms with Gasteiger partial charge in [-0.2, -0.15) is 4.31 Å². The lowest BCUT2D eigenvalue weighted by atomic mass is 10.1. The fourth-order valence-corrected chi connectivity index (χ4v) is 4.04. The molecule has 0 aliphatic carbocycles. The molecule has 0 amide bonds. The molecule has 3 N–H and O–H groups in total. The van der Waals surface area contributed by atoms with Gasteiger partial charge in [0.15, 0.2) is 0 Å². The van der Waals surface area contributed by atoms with Gasteiger partial charge in [-0.05, 0) is 38.5 Å².